The number of carbonyl (C=O) groups excluding carboxylic acids is 3. The lowest BCUT2D eigenvalue weighted by Gasteiger charge is -2.44. The van der Waals surface area contributed by atoms with Crippen LogP contribution in [0.25, 0.3) is 21.8 Å². The van der Waals surface area contributed by atoms with Crippen molar-refractivity contribution in [1.82, 2.24) is 14.9 Å². The van der Waals surface area contributed by atoms with Gasteiger partial charge in [-0.2, -0.15) is 0 Å². The smallest absolute Gasteiger partial charge is 0.287 e. The van der Waals surface area contributed by atoms with Crippen LogP contribution in [0, 0.1) is 37.8 Å². The Labute approximate surface area is 617 Å². The number of anilines is 2. The standard InChI is InChI=1S/C89H126N6O8/c1-8-11-14-17-20-23-26-29-32-35-38-45-56-101-80-63-71(64-81(102-57-46-39-36-33-30-27-24-21-18-15-12-9-2)85(80)103-58-47-40-37-34-31-28-25-22-19-16-13-10-3)88(98)94-54-52-89(53-55-94,72-59-67(4)83(68(5)60-72)92-86(96)79-65-74(66-90-79)95(99)100)73-61-69(6)84(70(7)62-73)93-87(97)82-75-48-41-43-50-77(75)91-78-51-44-42-49-76(78)82/h41-44,48-51,59-66,90H,8-40,45-47,52-58H2,1-7H3,(H,92,96)(H,93,97). The molecule has 103 heavy (non-hydrogen) atoms. The Balaban J connectivity index is 1.05. The van der Waals surface area contributed by atoms with E-state index in [-0.39, 0.29) is 23.2 Å². The van der Waals surface area contributed by atoms with E-state index in [2.05, 4.69) is 60.7 Å². The molecule has 3 N–H and O–H groups in total. The number of unbranched alkanes of at least 4 members (excludes halogenated alkanes) is 33. The van der Waals surface area contributed by atoms with Crippen molar-refractivity contribution in [3.8, 4) is 17.2 Å². The molecule has 0 unspecified atom stereocenters. The molecular formula is C89H126N6O8. The van der Waals surface area contributed by atoms with Gasteiger partial charge in [0.25, 0.3) is 23.4 Å². The van der Waals surface area contributed by atoms with Gasteiger partial charge in [-0.15, -0.1) is 0 Å². The van der Waals surface area contributed by atoms with E-state index < -0.39 is 16.2 Å². The van der Waals surface area contributed by atoms with Crippen molar-refractivity contribution in [2.75, 3.05) is 43.5 Å². The minimum Gasteiger partial charge on any atom is -0.490 e. The number of nitrogens with zero attached hydrogens (tertiary/aromatic N) is 3. The summed E-state index contributed by atoms with van der Waals surface area (Å²) in [5, 5.41) is 19.5. The highest BCUT2D eigenvalue weighted by Gasteiger charge is 2.41. The molecule has 2 aromatic heterocycles. The molecule has 8 rings (SSSR count). The molecule has 1 saturated heterocycles. The number of aromatic amines is 1. The number of aromatic nitrogens is 2. The molecule has 7 aromatic rings. The van der Waals surface area contributed by atoms with Crippen LogP contribution in [0.4, 0.5) is 17.1 Å². The first kappa shape index (κ1) is 80.9. The van der Waals surface area contributed by atoms with Crippen LogP contribution in [0.5, 0.6) is 17.2 Å². The molecule has 3 heterocycles. The topological polar surface area (TPSA) is 178 Å². The van der Waals surface area contributed by atoms with E-state index in [1.807, 2.05) is 93.3 Å². The van der Waals surface area contributed by atoms with Gasteiger partial charge in [0.15, 0.2) is 11.5 Å². The van der Waals surface area contributed by atoms with Gasteiger partial charge in [0.2, 0.25) is 5.75 Å². The van der Waals surface area contributed by atoms with Gasteiger partial charge in [-0.3, -0.25) is 24.5 Å². The zero-order chi connectivity index (χ0) is 73.0. The molecule has 14 heteroatoms. The summed E-state index contributed by atoms with van der Waals surface area (Å²) in [5.41, 5.74) is 8.71. The second-order valence-electron chi connectivity index (χ2n) is 29.8. The number of likely N-dealkylation sites (tertiary alicyclic amines) is 1. The van der Waals surface area contributed by atoms with Gasteiger partial charge < -0.3 is 34.7 Å². The molecule has 0 bridgehead atoms. The molecule has 0 spiro atoms. The molecule has 3 amide bonds. The Morgan fingerprint density at radius 3 is 1.19 bits per heavy atom. The summed E-state index contributed by atoms with van der Waals surface area (Å²) >= 11 is 0. The van der Waals surface area contributed by atoms with Gasteiger partial charge in [-0.05, 0) is 117 Å². The number of nitrogens with one attached hydrogen (secondary N) is 3. The van der Waals surface area contributed by atoms with Crippen LogP contribution in [0.15, 0.2) is 97.2 Å². The first-order valence-electron chi connectivity index (χ1n) is 40.6. The van der Waals surface area contributed by atoms with Gasteiger partial charge in [0.05, 0.1) is 47.5 Å². The van der Waals surface area contributed by atoms with Crippen molar-refractivity contribution < 1.29 is 33.5 Å². The summed E-state index contributed by atoms with van der Waals surface area (Å²) in [4.78, 5) is 64.7. The van der Waals surface area contributed by atoms with Crippen LogP contribution in [0.1, 0.15) is 329 Å². The Kier molecular flexibility index (Phi) is 34.7. The zero-order valence-electron chi connectivity index (χ0n) is 64.3. The molecular weight excluding hydrogens is 1280 g/mol. The van der Waals surface area contributed by atoms with Crippen molar-refractivity contribution >= 4 is 56.6 Å². The highest BCUT2D eigenvalue weighted by Crippen LogP contribution is 2.47. The highest BCUT2D eigenvalue weighted by molar-refractivity contribution is 6.20. The molecule has 14 nitrogen and oxygen atoms in total. The molecule has 5 aromatic carbocycles. The van der Waals surface area contributed by atoms with Crippen molar-refractivity contribution in [2.24, 2.45) is 0 Å². The maximum absolute atomic E-state index is 15.6. The van der Waals surface area contributed by atoms with E-state index in [0.717, 1.165) is 99.4 Å². The second-order valence-corrected chi connectivity index (χ2v) is 29.8. The Bertz CT molecular complexity index is 3600. The van der Waals surface area contributed by atoms with Crippen LogP contribution in [0.2, 0.25) is 0 Å². The number of carbonyl (C=O) groups is 3. The monoisotopic (exact) mass is 1410 g/mol. The number of fused-ring (bicyclic) bond motifs is 2. The first-order chi connectivity index (χ1) is 50.3. The number of hydrogen-bond donors (Lipinski definition) is 3. The van der Waals surface area contributed by atoms with Crippen molar-refractivity contribution in [3.05, 3.63) is 158 Å². The van der Waals surface area contributed by atoms with E-state index in [1.165, 1.54) is 205 Å². The van der Waals surface area contributed by atoms with Crippen LogP contribution < -0.4 is 24.8 Å². The van der Waals surface area contributed by atoms with Crippen molar-refractivity contribution in [1.29, 1.82) is 0 Å². The Morgan fingerprint density at radius 1 is 0.476 bits per heavy atom. The lowest BCUT2D eigenvalue weighted by Crippen LogP contribution is -2.46. The third-order valence-electron chi connectivity index (χ3n) is 21.5. The summed E-state index contributed by atoms with van der Waals surface area (Å²) in [5.74, 6) is 0.939. The van der Waals surface area contributed by atoms with Gasteiger partial charge in [-0.1, -0.05) is 293 Å². The third kappa shape index (κ3) is 24.7. The number of aryl methyl sites for hydroxylation is 4. The van der Waals surface area contributed by atoms with Crippen LogP contribution in [0.3, 0.4) is 0 Å². The first-order valence-corrected chi connectivity index (χ1v) is 40.6. The quantitative estimate of drug-likeness (QED) is 0.0145. The summed E-state index contributed by atoms with van der Waals surface area (Å²) in [7, 11) is 0. The van der Waals surface area contributed by atoms with Gasteiger partial charge >= 0.3 is 0 Å². The Morgan fingerprint density at radius 2 is 0.825 bits per heavy atom. The average Bonchev–Trinajstić information content (AvgIpc) is 1.00. The third-order valence-corrected chi connectivity index (χ3v) is 21.5. The molecule has 0 atom stereocenters. The maximum Gasteiger partial charge on any atom is 0.287 e. The number of piperidine rings is 1. The largest absolute Gasteiger partial charge is 0.490 e. The molecule has 0 radical (unpaired) electrons. The van der Waals surface area contributed by atoms with E-state index >= 15 is 4.79 Å². The summed E-state index contributed by atoms with van der Waals surface area (Å²) in [6.07, 6.45) is 47.5. The number of amides is 3. The summed E-state index contributed by atoms with van der Waals surface area (Å²) in [6.45, 7) is 17.3. The lowest BCUT2D eigenvalue weighted by molar-refractivity contribution is -0.384. The number of benzene rings is 5. The minimum atomic E-state index is -0.624. The number of hydrogen-bond acceptors (Lipinski definition) is 9. The SMILES string of the molecule is CCCCCCCCCCCCCCOc1cc(C(=O)N2CCC(c3cc(C)c(NC(=O)c4cc([N+](=O)[O-])c[nH]4)c(C)c3)(c3cc(C)c(NC(=O)c4c5ccccc5nc5ccccc45)c(C)c3)CC2)cc(OCCCCCCCCCCCCCC)c1OCCCCCCCCCCCCCC. The predicted octanol–water partition coefficient (Wildman–Crippen LogP) is 24.8. The summed E-state index contributed by atoms with van der Waals surface area (Å²) in [6, 6.07) is 29.3. The molecule has 1 fully saturated rings. The van der Waals surface area contributed by atoms with Crippen LogP contribution in [-0.2, 0) is 5.41 Å². The van der Waals surface area contributed by atoms with E-state index in [9.17, 15) is 19.7 Å². The molecule has 1 aliphatic heterocycles. The number of nitro groups is 1. The minimum absolute atomic E-state index is 0.0834. The Hall–Kier alpha value is -7.74. The fraction of sp³-hybridized carbons (Fsp3) is 0.573. The number of rotatable bonds is 50. The normalized spacial score (nSPS) is 12.9. The second kappa shape index (κ2) is 44.2. The van der Waals surface area contributed by atoms with E-state index in [1.54, 1.807) is 0 Å². The van der Waals surface area contributed by atoms with E-state index in [0.29, 0.717) is 79.8 Å². The molecule has 1 aliphatic rings. The van der Waals surface area contributed by atoms with Crippen LogP contribution >= 0.6 is 0 Å². The maximum atomic E-state index is 15.6. The number of ether oxygens (including phenoxy) is 3. The van der Waals surface area contributed by atoms with Crippen molar-refractivity contribution in [3.63, 3.8) is 0 Å². The average molecular weight is 1410 g/mol. The van der Waals surface area contributed by atoms with E-state index in [4.69, 9.17) is 19.2 Å². The molecule has 560 valence electrons. The predicted molar refractivity (Wildman–Crippen MR) is 427 cm³/mol. The fourth-order valence-electron chi connectivity index (χ4n) is 15.4. The number of para-hydroxylation sites is 2. The number of pyridine rings is 1. The highest BCUT2D eigenvalue weighted by atomic mass is 16.6. The van der Waals surface area contributed by atoms with Crippen LogP contribution in [-0.4, -0.2) is 70.4 Å². The van der Waals surface area contributed by atoms with Crippen molar-refractivity contribution in [2.45, 2.75) is 298 Å². The van der Waals surface area contributed by atoms with Gasteiger partial charge in [0.1, 0.15) is 5.69 Å². The zero-order valence-corrected chi connectivity index (χ0v) is 64.3. The molecule has 0 aliphatic carbocycles. The van der Waals surface area contributed by atoms with Gasteiger partial charge in [0, 0.05) is 52.3 Å². The van der Waals surface area contributed by atoms with Gasteiger partial charge in [-0.25, -0.2) is 4.98 Å². The molecule has 0 saturated carbocycles. The number of H-pyrrole nitrogens is 1. The fourth-order valence-corrected chi connectivity index (χ4v) is 15.4. The lowest BCUT2D eigenvalue weighted by atomic mass is 9.66. The summed E-state index contributed by atoms with van der Waals surface area (Å²) < 4.78 is 20.5.